The Morgan fingerprint density at radius 3 is 2.40 bits per heavy atom. The highest BCUT2D eigenvalue weighted by molar-refractivity contribution is 14.0. The number of hydrogen-bond acceptors (Lipinski definition) is 3. The smallest absolute Gasteiger partial charge is 0.189 e. The summed E-state index contributed by atoms with van der Waals surface area (Å²) in [7, 11) is 3.18. The van der Waals surface area contributed by atoms with E-state index in [1.54, 1.807) is 27.2 Å². The standard InChI is InChI=1S/C18H22FN3O2.HI/c1-12-4-5-13(8-15(12)19)10-21-18(20)22-11-14-6-7-16(23-2)17(9-14)24-3;/h4-9H,10-11H2,1-3H3,(H3,20,21,22);1H. The van der Waals surface area contributed by atoms with Gasteiger partial charge in [-0.15, -0.1) is 24.0 Å². The molecule has 0 aliphatic rings. The number of nitrogens with one attached hydrogen (secondary N) is 1. The zero-order chi connectivity index (χ0) is 17.5. The summed E-state index contributed by atoms with van der Waals surface area (Å²) in [6.45, 7) is 2.54. The Bertz CT molecular complexity index is 738. The third kappa shape index (κ3) is 6.08. The SMILES string of the molecule is COc1ccc(CNC(N)=NCc2ccc(C)c(F)c2)cc1OC.I. The number of methoxy groups -OCH3 is 2. The monoisotopic (exact) mass is 459 g/mol. The number of ether oxygens (including phenoxy) is 2. The van der Waals surface area contributed by atoms with Gasteiger partial charge in [0, 0.05) is 6.54 Å². The summed E-state index contributed by atoms with van der Waals surface area (Å²) in [6, 6.07) is 10.7. The minimum absolute atomic E-state index is 0. The molecule has 0 amide bonds. The van der Waals surface area contributed by atoms with Crippen LogP contribution in [0.3, 0.4) is 0 Å². The van der Waals surface area contributed by atoms with Gasteiger partial charge in [-0.2, -0.15) is 0 Å². The van der Waals surface area contributed by atoms with Gasteiger partial charge in [0.2, 0.25) is 0 Å². The molecule has 2 rings (SSSR count). The van der Waals surface area contributed by atoms with Crippen LogP contribution < -0.4 is 20.5 Å². The second-order valence-electron chi connectivity index (χ2n) is 5.33. The van der Waals surface area contributed by atoms with Gasteiger partial charge in [-0.05, 0) is 41.8 Å². The summed E-state index contributed by atoms with van der Waals surface area (Å²) in [6.07, 6.45) is 0. The Morgan fingerprint density at radius 1 is 1.08 bits per heavy atom. The summed E-state index contributed by atoms with van der Waals surface area (Å²) in [5.74, 6) is 1.39. The molecule has 3 N–H and O–H groups in total. The molecular formula is C18H23FIN3O2. The molecule has 0 saturated heterocycles. The van der Waals surface area contributed by atoms with Crippen molar-refractivity contribution in [2.45, 2.75) is 20.0 Å². The van der Waals surface area contributed by atoms with Crippen molar-refractivity contribution < 1.29 is 13.9 Å². The van der Waals surface area contributed by atoms with Crippen LogP contribution in [0.25, 0.3) is 0 Å². The summed E-state index contributed by atoms with van der Waals surface area (Å²) < 4.78 is 23.9. The molecule has 136 valence electrons. The maximum absolute atomic E-state index is 13.5. The first-order valence-electron chi connectivity index (χ1n) is 7.53. The van der Waals surface area contributed by atoms with E-state index in [0.29, 0.717) is 36.1 Å². The average Bonchev–Trinajstić information content (AvgIpc) is 2.60. The van der Waals surface area contributed by atoms with Gasteiger partial charge in [-0.3, -0.25) is 0 Å². The molecule has 0 aromatic heterocycles. The number of aryl methyl sites for hydroxylation is 1. The molecule has 0 unspecified atom stereocenters. The quantitative estimate of drug-likeness (QED) is 0.395. The van der Waals surface area contributed by atoms with Gasteiger partial charge in [-0.1, -0.05) is 18.2 Å². The Hall–Kier alpha value is -2.03. The normalized spacial score (nSPS) is 10.8. The lowest BCUT2D eigenvalue weighted by Gasteiger charge is -2.10. The third-order valence-corrected chi connectivity index (χ3v) is 3.59. The number of benzene rings is 2. The van der Waals surface area contributed by atoms with Crippen LogP contribution in [0.5, 0.6) is 11.5 Å². The van der Waals surface area contributed by atoms with Crippen molar-refractivity contribution in [2.24, 2.45) is 10.7 Å². The summed E-state index contributed by atoms with van der Waals surface area (Å²) in [5, 5.41) is 3.02. The second-order valence-corrected chi connectivity index (χ2v) is 5.33. The topological polar surface area (TPSA) is 68.9 Å². The van der Waals surface area contributed by atoms with E-state index < -0.39 is 0 Å². The summed E-state index contributed by atoms with van der Waals surface area (Å²) in [4.78, 5) is 4.22. The molecule has 0 aliphatic carbocycles. The van der Waals surface area contributed by atoms with Crippen molar-refractivity contribution in [1.82, 2.24) is 5.32 Å². The molecule has 0 saturated carbocycles. The number of nitrogens with zero attached hydrogens (tertiary/aromatic N) is 1. The van der Waals surface area contributed by atoms with Gasteiger partial charge in [0.05, 0.1) is 20.8 Å². The number of guanidine groups is 1. The molecule has 0 bridgehead atoms. The summed E-state index contributed by atoms with van der Waals surface area (Å²) >= 11 is 0. The van der Waals surface area contributed by atoms with Crippen LogP contribution in [0.4, 0.5) is 4.39 Å². The lowest BCUT2D eigenvalue weighted by molar-refractivity contribution is 0.354. The van der Waals surface area contributed by atoms with Crippen molar-refractivity contribution in [3.8, 4) is 11.5 Å². The molecular weight excluding hydrogens is 436 g/mol. The summed E-state index contributed by atoms with van der Waals surface area (Å²) in [5.41, 5.74) is 8.22. The molecule has 0 spiro atoms. The Labute approximate surface area is 164 Å². The number of halogens is 2. The molecule has 7 heteroatoms. The third-order valence-electron chi connectivity index (χ3n) is 3.59. The molecule has 2 aromatic carbocycles. The first-order chi connectivity index (χ1) is 11.5. The van der Waals surface area contributed by atoms with E-state index in [2.05, 4.69) is 10.3 Å². The van der Waals surface area contributed by atoms with Crippen LogP contribution in [0, 0.1) is 12.7 Å². The van der Waals surface area contributed by atoms with Gasteiger partial charge in [0.1, 0.15) is 5.82 Å². The molecule has 5 nitrogen and oxygen atoms in total. The maximum atomic E-state index is 13.5. The van der Waals surface area contributed by atoms with Crippen molar-refractivity contribution in [3.05, 3.63) is 58.9 Å². The Morgan fingerprint density at radius 2 is 1.76 bits per heavy atom. The predicted molar refractivity (Wildman–Crippen MR) is 108 cm³/mol. The first kappa shape index (κ1) is 21.0. The van der Waals surface area contributed by atoms with Gasteiger partial charge < -0.3 is 20.5 Å². The predicted octanol–water partition coefficient (Wildman–Crippen LogP) is 3.37. The molecule has 25 heavy (non-hydrogen) atoms. The van der Waals surface area contributed by atoms with E-state index in [-0.39, 0.29) is 29.8 Å². The van der Waals surface area contributed by atoms with Crippen LogP contribution in [-0.2, 0) is 13.1 Å². The van der Waals surface area contributed by atoms with E-state index in [0.717, 1.165) is 11.1 Å². The first-order valence-corrected chi connectivity index (χ1v) is 7.53. The highest BCUT2D eigenvalue weighted by Crippen LogP contribution is 2.27. The number of nitrogens with two attached hydrogens (primary N) is 1. The van der Waals surface area contributed by atoms with Crippen molar-refractivity contribution >= 4 is 29.9 Å². The van der Waals surface area contributed by atoms with Gasteiger partial charge in [0.15, 0.2) is 17.5 Å². The zero-order valence-electron chi connectivity index (χ0n) is 14.5. The van der Waals surface area contributed by atoms with E-state index in [4.69, 9.17) is 15.2 Å². The second kappa shape index (κ2) is 10.1. The van der Waals surface area contributed by atoms with Crippen molar-refractivity contribution in [3.63, 3.8) is 0 Å². The van der Waals surface area contributed by atoms with Crippen LogP contribution in [0.1, 0.15) is 16.7 Å². The fraction of sp³-hybridized carbons (Fsp3) is 0.278. The molecule has 0 aliphatic heterocycles. The Balaban J connectivity index is 0.00000312. The largest absolute Gasteiger partial charge is 0.493 e. The van der Waals surface area contributed by atoms with E-state index in [1.165, 1.54) is 6.07 Å². The van der Waals surface area contributed by atoms with Crippen LogP contribution in [0.2, 0.25) is 0 Å². The number of hydrogen-bond donors (Lipinski definition) is 2. The van der Waals surface area contributed by atoms with Crippen molar-refractivity contribution in [2.75, 3.05) is 14.2 Å². The fourth-order valence-electron chi connectivity index (χ4n) is 2.15. The lowest BCUT2D eigenvalue weighted by atomic mass is 10.1. The number of rotatable bonds is 6. The highest BCUT2D eigenvalue weighted by Gasteiger charge is 2.05. The Kier molecular flexibility index (Phi) is 8.47. The van der Waals surface area contributed by atoms with Crippen LogP contribution in [0.15, 0.2) is 41.4 Å². The van der Waals surface area contributed by atoms with E-state index in [1.807, 2.05) is 24.3 Å². The van der Waals surface area contributed by atoms with E-state index >= 15 is 0 Å². The molecule has 2 aromatic rings. The van der Waals surface area contributed by atoms with Crippen molar-refractivity contribution in [1.29, 1.82) is 0 Å². The number of aliphatic imine (C=N–C) groups is 1. The highest BCUT2D eigenvalue weighted by atomic mass is 127. The fourth-order valence-corrected chi connectivity index (χ4v) is 2.15. The van der Waals surface area contributed by atoms with Gasteiger partial charge in [-0.25, -0.2) is 9.38 Å². The molecule has 0 heterocycles. The minimum Gasteiger partial charge on any atom is -0.493 e. The van der Waals surface area contributed by atoms with Gasteiger partial charge >= 0.3 is 0 Å². The molecule has 0 fully saturated rings. The molecule has 0 radical (unpaired) electrons. The van der Waals surface area contributed by atoms with Crippen LogP contribution >= 0.6 is 24.0 Å². The lowest BCUT2D eigenvalue weighted by Crippen LogP contribution is -2.31. The zero-order valence-corrected chi connectivity index (χ0v) is 16.8. The van der Waals surface area contributed by atoms with Crippen LogP contribution in [-0.4, -0.2) is 20.2 Å². The van der Waals surface area contributed by atoms with E-state index in [9.17, 15) is 4.39 Å². The minimum atomic E-state index is -0.237. The average molecular weight is 459 g/mol. The molecule has 0 atom stereocenters. The van der Waals surface area contributed by atoms with Gasteiger partial charge in [0.25, 0.3) is 0 Å². The maximum Gasteiger partial charge on any atom is 0.189 e.